The van der Waals surface area contributed by atoms with Crippen LogP contribution >= 0.6 is 0 Å². The predicted molar refractivity (Wildman–Crippen MR) is 35.0 cm³/mol. The fourth-order valence-electron chi connectivity index (χ4n) is 0.424. The molecule has 4 heteroatoms. The standard InChI is InChI=1S/C6H9NO3/c1-4(6(9)3-7)10-5(2)8/h3-4,7H,1-2H3. The molecule has 0 aromatic carbocycles. The molecular formula is C6H9NO3. The van der Waals surface area contributed by atoms with E-state index < -0.39 is 17.9 Å². The molecule has 10 heavy (non-hydrogen) atoms. The predicted octanol–water partition coefficient (Wildman–Crippen LogP) is 0.157. The van der Waals surface area contributed by atoms with Gasteiger partial charge in [-0.25, -0.2) is 0 Å². The van der Waals surface area contributed by atoms with E-state index in [0.29, 0.717) is 6.21 Å². The summed E-state index contributed by atoms with van der Waals surface area (Å²) in [6.07, 6.45) is -0.192. The number of carbonyl (C=O) groups excluding carboxylic acids is 2. The fraction of sp³-hybridized carbons (Fsp3) is 0.500. The van der Waals surface area contributed by atoms with E-state index in [4.69, 9.17) is 5.41 Å². The van der Waals surface area contributed by atoms with Crippen molar-refractivity contribution < 1.29 is 14.3 Å². The molecule has 0 aromatic rings. The smallest absolute Gasteiger partial charge is 0.303 e. The molecular weight excluding hydrogens is 134 g/mol. The van der Waals surface area contributed by atoms with Crippen LogP contribution in [0.5, 0.6) is 0 Å². The van der Waals surface area contributed by atoms with Gasteiger partial charge in [0.2, 0.25) is 5.78 Å². The number of rotatable bonds is 3. The quantitative estimate of drug-likeness (QED) is 0.452. The minimum absolute atomic E-state index is 0.504. The lowest BCUT2D eigenvalue weighted by atomic mass is 10.3. The number of ether oxygens (including phenoxy) is 1. The first-order chi connectivity index (χ1) is 4.57. The Labute approximate surface area is 58.7 Å². The highest BCUT2D eigenvalue weighted by molar-refractivity contribution is 6.28. The number of Topliss-reactive ketones (excluding diaryl/α,β-unsaturated/α-hetero) is 1. The third-order valence-electron chi connectivity index (χ3n) is 0.886. The van der Waals surface area contributed by atoms with Gasteiger partial charge in [-0.2, -0.15) is 0 Å². The number of hydrogen-bond donors (Lipinski definition) is 1. The van der Waals surface area contributed by atoms with Crippen LogP contribution in [0.15, 0.2) is 0 Å². The molecule has 0 aliphatic rings. The average Bonchev–Trinajstić information content (AvgIpc) is 1.85. The molecule has 0 aliphatic heterocycles. The summed E-state index contributed by atoms with van der Waals surface area (Å²) in [6, 6.07) is 0. The van der Waals surface area contributed by atoms with Crippen molar-refractivity contribution in [3.63, 3.8) is 0 Å². The van der Waals surface area contributed by atoms with Crippen molar-refractivity contribution in [1.29, 1.82) is 5.41 Å². The Bertz CT molecular complexity index is 164. The lowest BCUT2D eigenvalue weighted by Gasteiger charge is -2.05. The molecule has 1 atom stereocenters. The number of nitrogens with one attached hydrogen (secondary N) is 1. The topological polar surface area (TPSA) is 67.2 Å². The minimum Gasteiger partial charge on any atom is -0.454 e. The zero-order valence-electron chi connectivity index (χ0n) is 5.88. The number of esters is 1. The molecule has 1 unspecified atom stereocenters. The Hall–Kier alpha value is -1.19. The van der Waals surface area contributed by atoms with Crippen LogP contribution < -0.4 is 0 Å². The Balaban J connectivity index is 3.84. The van der Waals surface area contributed by atoms with E-state index in [1.165, 1.54) is 13.8 Å². The first-order valence-corrected chi connectivity index (χ1v) is 2.79. The van der Waals surface area contributed by atoms with E-state index in [1.807, 2.05) is 0 Å². The molecule has 56 valence electrons. The maximum atomic E-state index is 10.5. The molecule has 0 spiro atoms. The van der Waals surface area contributed by atoms with Crippen molar-refractivity contribution in [2.45, 2.75) is 20.0 Å². The summed E-state index contributed by atoms with van der Waals surface area (Å²) in [7, 11) is 0. The normalized spacial score (nSPS) is 11.8. The van der Waals surface area contributed by atoms with Gasteiger partial charge >= 0.3 is 5.97 Å². The monoisotopic (exact) mass is 143 g/mol. The summed E-state index contributed by atoms with van der Waals surface area (Å²) in [5.41, 5.74) is 0. The third kappa shape index (κ3) is 2.96. The summed E-state index contributed by atoms with van der Waals surface area (Å²) in [6.45, 7) is 2.64. The summed E-state index contributed by atoms with van der Waals surface area (Å²) >= 11 is 0. The second-order valence-electron chi connectivity index (χ2n) is 1.80. The lowest BCUT2D eigenvalue weighted by molar-refractivity contribution is -0.149. The minimum atomic E-state index is -0.824. The van der Waals surface area contributed by atoms with Crippen LogP contribution in [0.2, 0.25) is 0 Å². The molecule has 0 aliphatic carbocycles. The van der Waals surface area contributed by atoms with Gasteiger partial charge in [-0.05, 0) is 6.92 Å². The van der Waals surface area contributed by atoms with Crippen LogP contribution in [0.25, 0.3) is 0 Å². The molecule has 0 bridgehead atoms. The maximum Gasteiger partial charge on any atom is 0.303 e. The summed E-state index contributed by atoms with van der Waals surface area (Å²) < 4.78 is 4.46. The molecule has 1 N–H and O–H groups in total. The van der Waals surface area contributed by atoms with Gasteiger partial charge in [0, 0.05) is 6.92 Å². The Kier molecular flexibility index (Phi) is 3.32. The summed E-state index contributed by atoms with van der Waals surface area (Å²) in [4.78, 5) is 20.8. The molecule has 4 nitrogen and oxygen atoms in total. The molecule has 0 fully saturated rings. The molecule has 0 radical (unpaired) electrons. The van der Waals surface area contributed by atoms with Gasteiger partial charge in [0.15, 0.2) is 6.10 Å². The van der Waals surface area contributed by atoms with E-state index in [9.17, 15) is 9.59 Å². The van der Waals surface area contributed by atoms with Gasteiger partial charge in [0.25, 0.3) is 0 Å². The van der Waals surface area contributed by atoms with Crippen LogP contribution in [0.1, 0.15) is 13.8 Å². The van der Waals surface area contributed by atoms with Crippen molar-refractivity contribution >= 4 is 18.0 Å². The Morgan fingerprint density at radius 3 is 2.40 bits per heavy atom. The molecule has 0 saturated heterocycles. The van der Waals surface area contributed by atoms with E-state index in [2.05, 4.69) is 4.74 Å². The van der Waals surface area contributed by atoms with Gasteiger partial charge in [-0.15, -0.1) is 0 Å². The van der Waals surface area contributed by atoms with Crippen LogP contribution in [-0.2, 0) is 14.3 Å². The van der Waals surface area contributed by atoms with Gasteiger partial charge < -0.3 is 10.1 Å². The molecule has 0 amide bonds. The Morgan fingerprint density at radius 1 is 1.60 bits per heavy atom. The third-order valence-corrected chi connectivity index (χ3v) is 0.886. The van der Waals surface area contributed by atoms with Crippen molar-refractivity contribution in [3.8, 4) is 0 Å². The highest BCUT2D eigenvalue weighted by Gasteiger charge is 2.11. The second kappa shape index (κ2) is 3.76. The van der Waals surface area contributed by atoms with Crippen molar-refractivity contribution in [1.82, 2.24) is 0 Å². The van der Waals surface area contributed by atoms with E-state index >= 15 is 0 Å². The van der Waals surface area contributed by atoms with Crippen LogP contribution in [0, 0.1) is 5.41 Å². The zero-order valence-corrected chi connectivity index (χ0v) is 5.88. The molecule has 0 rings (SSSR count). The largest absolute Gasteiger partial charge is 0.454 e. The number of carbonyl (C=O) groups is 2. The number of ketones is 1. The SMILES string of the molecule is CC(=O)OC(C)C(=O)C=N. The molecule has 0 heterocycles. The van der Waals surface area contributed by atoms with Gasteiger partial charge in [-0.1, -0.05) is 0 Å². The van der Waals surface area contributed by atoms with Crippen molar-refractivity contribution in [2.75, 3.05) is 0 Å². The fourth-order valence-corrected chi connectivity index (χ4v) is 0.424. The van der Waals surface area contributed by atoms with E-state index in [1.54, 1.807) is 0 Å². The molecule has 0 saturated carbocycles. The van der Waals surface area contributed by atoms with E-state index in [0.717, 1.165) is 0 Å². The van der Waals surface area contributed by atoms with E-state index in [-0.39, 0.29) is 0 Å². The second-order valence-corrected chi connectivity index (χ2v) is 1.80. The zero-order chi connectivity index (χ0) is 8.15. The van der Waals surface area contributed by atoms with Crippen LogP contribution in [0.4, 0.5) is 0 Å². The summed E-state index contributed by atoms with van der Waals surface area (Å²) in [5.74, 6) is -1.02. The lowest BCUT2D eigenvalue weighted by Crippen LogP contribution is -2.23. The first-order valence-electron chi connectivity index (χ1n) is 2.79. The van der Waals surface area contributed by atoms with Gasteiger partial charge in [-0.3, -0.25) is 9.59 Å². The molecule has 0 aromatic heterocycles. The highest BCUT2D eigenvalue weighted by atomic mass is 16.5. The maximum absolute atomic E-state index is 10.5. The Morgan fingerprint density at radius 2 is 2.10 bits per heavy atom. The van der Waals surface area contributed by atoms with Gasteiger partial charge in [0.05, 0.1) is 6.21 Å². The van der Waals surface area contributed by atoms with Crippen LogP contribution in [0.3, 0.4) is 0 Å². The van der Waals surface area contributed by atoms with Gasteiger partial charge in [0.1, 0.15) is 0 Å². The summed E-state index contributed by atoms with van der Waals surface area (Å²) in [5, 5.41) is 6.52. The average molecular weight is 143 g/mol. The van der Waals surface area contributed by atoms with Crippen molar-refractivity contribution in [2.24, 2.45) is 0 Å². The van der Waals surface area contributed by atoms with Crippen LogP contribution in [-0.4, -0.2) is 24.1 Å². The van der Waals surface area contributed by atoms with Crippen molar-refractivity contribution in [3.05, 3.63) is 0 Å². The number of hydrogen-bond acceptors (Lipinski definition) is 4. The highest BCUT2D eigenvalue weighted by Crippen LogP contribution is 1.90. The first kappa shape index (κ1) is 8.81.